The number of benzene rings is 1. The van der Waals surface area contributed by atoms with Crippen LogP contribution in [0.4, 0.5) is 4.39 Å². The maximum Gasteiger partial charge on any atom is 0.144 e. The maximum absolute atomic E-state index is 13.4. The van der Waals surface area contributed by atoms with Gasteiger partial charge in [0.2, 0.25) is 0 Å². The first-order valence-electron chi connectivity index (χ1n) is 6.53. The summed E-state index contributed by atoms with van der Waals surface area (Å²) in [5, 5.41) is 11.8. The Morgan fingerprint density at radius 3 is 2.80 bits per heavy atom. The van der Waals surface area contributed by atoms with Gasteiger partial charge in [-0.3, -0.25) is 0 Å². The van der Waals surface area contributed by atoms with Crippen LogP contribution in [0.2, 0.25) is 0 Å². The van der Waals surface area contributed by atoms with Crippen molar-refractivity contribution in [3.63, 3.8) is 0 Å². The van der Waals surface area contributed by atoms with Gasteiger partial charge in [-0.05, 0) is 25.0 Å². The number of nitrogens with one attached hydrogen (secondary N) is 1. The molecule has 0 aliphatic heterocycles. The number of allylic oxidation sites excluding steroid dienone is 1. The summed E-state index contributed by atoms with van der Waals surface area (Å²) in [5.74, 6) is -0.187. The van der Waals surface area contributed by atoms with Gasteiger partial charge >= 0.3 is 0 Å². The highest BCUT2D eigenvalue weighted by atomic mass is 32.1. The van der Waals surface area contributed by atoms with E-state index >= 15 is 0 Å². The second-order valence-electron chi connectivity index (χ2n) is 4.32. The zero-order valence-electron chi connectivity index (χ0n) is 11.7. The minimum absolute atomic E-state index is 0.0119. The van der Waals surface area contributed by atoms with Crippen molar-refractivity contribution in [2.24, 2.45) is 0 Å². The molecule has 5 heteroatoms. The molecule has 0 aliphatic carbocycles. The first-order chi connectivity index (χ1) is 9.62. The summed E-state index contributed by atoms with van der Waals surface area (Å²) in [6.45, 7) is 2.40. The molecular formula is C15H19FN2OS. The molecule has 1 aromatic carbocycles. The van der Waals surface area contributed by atoms with E-state index in [1.54, 1.807) is 12.1 Å². The standard InChI is InChI=1S/C15H19FN2OS/c1-3-4-5-14(18-2)15(20)10-19-12-7-6-11(9-17)13(16)8-12/h6-8,18,20H,3-5,10H2,1-2H3/b15-14-. The molecule has 0 heterocycles. The lowest BCUT2D eigenvalue weighted by Crippen LogP contribution is -2.11. The van der Waals surface area contributed by atoms with Crippen LogP contribution >= 0.6 is 12.6 Å². The van der Waals surface area contributed by atoms with E-state index in [1.165, 1.54) is 12.1 Å². The second-order valence-corrected chi connectivity index (χ2v) is 4.86. The topological polar surface area (TPSA) is 45.0 Å². The van der Waals surface area contributed by atoms with E-state index in [-0.39, 0.29) is 12.2 Å². The second kappa shape index (κ2) is 8.49. The van der Waals surface area contributed by atoms with Crippen LogP contribution in [0.1, 0.15) is 31.7 Å². The van der Waals surface area contributed by atoms with Crippen LogP contribution in [0.15, 0.2) is 28.8 Å². The molecule has 0 radical (unpaired) electrons. The zero-order valence-corrected chi connectivity index (χ0v) is 12.6. The fourth-order valence-corrected chi connectivity index (χ4v) is 1.97. The molecule has 1 rings (SSSR count). The number of hydrogen-bond acceptors (Lipinski definition) is 4. The Morgan fingerprint density at radius 1 is 1.50 bits per heavy atom. The normalized spacial score (nSPS) is 11.6. The molecule has 20 heavy (non-hydrogen) atoms. The molecule has 0 bridgehead atoms. The van der Waals surface area contributed by atoms with Crippen molar-refractivity contribution in [2.75, 3.05) is 13.7 Å². The average Bonchev–Trinajstić information content (AvgIpc) is 2.46. The molecule has 108 valence electrons. The molecule has 0 spiro atoms. The summed E-state index contributed by atoms with van der Waals surface area (Å²) < 4.78 is 18.9. The highest BCUT2D eigenvalue weighted by molar-refractivity contribution is 7.84. The first kappa shape index (κ1) is 16.4. The molecule has 0 aromatic heterocycles. The van der Waals surface area contributed by atoms with Crippen LogP contribution in [0, 0.1) is 17.1 Å². The fourth-order valence-electron chi connectivity index (χ4n) is 1.68. The Bertz CT molecular complexity index is 523. The Labute approximate surface area is 124 Å². The van der Waals surface area contributed by atoms with E-state index in [4.69, 9.17) is 10.00 Å². The van der Waals surface area contributed by atoms with Crippen molar-refractivity contribution < 1.29 is 9.13 Å². The molecule has 0 saturated heterocycles. The summed E-state index contributed by atoms with van der Waals surface area (Å²) in [6, 6.07) is 5.97. The summed E-state index contributed by atoms with van der Waals surface area (Å²) in [4.78, 5) is 0.797. The predicted molar refractivity (Wildman–Crippen MR) is 81.2 cm³/mol. The van der Waals surface area contributed by atoms with Gasteiger partial charge in [-0.15, -0.1) is 12.6 Å². The summed E-state index contributed by atoms with van der Waals surface area (Å²) in [5.41, 5.74) is 1.04. The van der Waals surface area contributed by atoms with Crippen molar-refractivity contribution in [3.8, 4) is 11.8 Å². The predicted octanol–water partition coefficient (Wildman–Crippen LogP) is 3.63. The van der Waals surface area contributed by atoms with Crippen molar-refractivity contribution in [1.29, 1.82) is 5.26 Å². The van der Waals surface area contributed by atoms with Crippen molar-refractivity contribution in [2.45, 2.75) is 26.2 Å². The third-order valence-corrected chi connectivity index (χ3v) is 3.27. The molecule has 0 unspecified atom stereocenters. The number of unbranched alkanes of at least 4 members (excludes halogenated alkanes) is 1. The van der Waals surface area contributed by atoms with Gasteiger partial charge in [-0.1, -0.05) is 13.3 Å². The van der Waals surface area contributed by atoms with Crippen LogP contribution in [-0.2, 0) is 0 Å². The van der Waals surface area contributed by atoms with E-state index in [0.717, 1.165) is 29.9 Å². The van der Waals surface area contributed by atoms with Gasteiger partial charge in [0.15, 0.2) is 0 Å². The first-order valence-corrected chi connectivity index (χ1v) is 6.98. The summed E-state index contributed by atoms with van der Waals surface area (Å²) in [6.07, 6.45) is 3.09. The van der Waals surface area contributed by atoms with Crippen LogP contribution in [0.5, 0.6) is 5.75 Å². The van der Waals surface area contributed by atoms with Gasteiger partial charge in [-0.2, -0.15) is 5.26 Å². The molecule has 1 N–H and O–H groups in total. The van der Waals surface area contributed by atoms with Crippen LogP contribution in [0.25, 0.3) is 0 Å². The zero-order chi connectivity index (χ0) is 15.0. The number of nitriles is 1. The molecule has 0 saturated carbocycles. The molecule has 0 amide bonds. The summed E-state index contributed by atoms with van der Waals surface area (Å²) >= 11 is 4.42. The van der Waals surface area contributed by atoms with E-state index in [2.05, 4.69) is 24.9 Å². The lowest BCUT2D eigenvalue weighted by molar-refractivity contribution is 0.355. The SMILES string of the molecule is CCCC/C(NC)=C(/S)COc1ccc(C#N)c(F)c1. The number of halogens is 1. The molecule has 0 atom stereocenters. The smallest absolute Gasteiger partial charge is 0.144 e. The number of thiol groups is 1. The molecule has 0 fully saturated rings. The van der Waals surface area contributed by atoms with Gasteiger partial charge in [0, 0.05) is 23.7 Å². The Morgan fingerprint density at radius 2 is 2.25 bits per heavy atom. The van der Waals surface area contributed by atoms with Crippen molar-refractivity contribution in [1.82, 2.24) is 5.32 Å². The largest absolute Gasteiger partial charge is 0.488 e. The van der Waals surface area contributed by atoms with Crippen molar-refractivity contribution in [3.05, 3.63) is 40.2 Å². The maximum atomic E-state index is 13.4. The molecule has 3 nitrogen and oxygen atoms in total. The minimum Gasteiger partial charge on any atom is -0.488 e. The van der Waals surface area contributed by atoms with Gasteiger partial charge in [0.05, 0.1) is 5.56 Å². The Kier molecular flexibility index (Phi) is 6.96. The van der Waals surface area contributed by atoms with Gasteiger partial charge in [-0.25, -0.2) is 4.39 Å². The van der Waals surface area contributed by atoms with Gasteiger partial charge in [0.25, 0.3) is 0 Å². The lowest BCUT2D eigenvalue weighted by Gasteiger charge is -2.12. The van der Waals surface area contributed by atoms with Gasteiger partial charge < -0.3 is 10.1 Å². The highest BCUT2D eigenvalue weighted by Crippen LogP contribution is 2.19. The van der Waals surface area contributed by atoms with E-state index in [9.17, 15) is 4.39 Å². The Hall–Kier alpha value is -1.67. The van der Waals surface area contributed by atoms with E-state index < -0.39 is 5.82 Å². The van der Waals surface area contributed by atoms with Crippen LogP contribution < -0.4 is 10.1 Å². The fraction of sp³-hybridized carbons (Fsp3) is 0.400. The number of hydrogen-bond donors (Lipinski definition) is 2. The van der Waals surface area contributed by atoms with Crippen molar-refractivity contribution >= 4 is 12.6 Å². The van der Waals surface area contributed by atoms with Gasteiger partial charge in [0.1, 0.15) is 24.2 Å². The van der Waals surface area contributed by atoms with Crippen LogP contribution in [0.3, 0.4) is 0 Å². The number of ether oxygens (including phenoxy) is 1. The monoisotopic (exact) mass is 294 g/mol. The van der Waals surface area contributed by atoms with Crippen LogP contribution in [-0.4, -0.2) is 13.7 Å². The quantitative estimate of drug-likeness (QED) is 0.755. The third-order valence-electron chi connectivity index (χ3n) is 2.87. The van der Waals surface area contributed by atoms with E-state index in [1.807, 2.05) is 7.05 Å². The Balaban J connectivity index is 2.68. The summed E-state index contributed by atoms with van der Waals surface area (Å²) in [7, 11) is 1.85. The number of nitrogens with zero attached hydrogens (tertiary/aromatic N) is 1. The lowest BCUT2D eigenvalue weighted by atomic mass is 10.2. The number of rotatable bonds is 7. The third kappa shape index (κ3) is 4.78. The molecule has 0 aliphatic rings. The average molecular weight is 294 g/mol. The highest BCUT2D eigenvalue weighted by Gasteiger charge is 2.06. The minimum atomic E-state index is -0.575. The van der Waals surface area contributed by atoms with E-state index in [0.29, 0.717) is 5.75 Å². The molecule has 1 aromatic rings. The molecular weight excluding hydrogens is 275 g/mol.